The Hall–Kier alpha value is -2.33. The summed E-state index contributed by atoms with van der Waals surface area (Å²) >= 11 is 5.93. The van der Waals surface area contributed by atoms with Crippen molar-refractivity contribution < 1.29 is 9.59 Å². The largest absolute Gasteiger partial charge is 0.326 e. The summed E-state index contributed by atoms with van der Waals surface area (Å²) in [5.41, 5.74) is 1.66. The van der Waals surface area contributed by atoms with E-state index in [1.807, 2.05) is 30.3 Å². The van der Waals surface area contributed by atoms with Crippen LogP contribution in [0.1, 0.15) is 18.4 Å². The molecule has 2 aromatic carbocycles. The quantitative estimate of drug-likeness (QED) is 0.934. The number of likely N-dealkylation sites (tertiary alicyclic amines) is 1. The molecule has 0 aromatic heterocycles. The SMILES string of the molecule is O=C(Nc1cccc(Cl)c1)C1CCC(=O)N1Cc1ccccc1. The lowest BCUT2D eigenvalue weighted by atomic mass is 10.1. The summed E-state index contributed by atoms with van der Waals surface area (Å²) in [6, 6.07) is 16.3. The second-order valence-electron chi connectivity index (χ2n) is 5.56. The molecule has 0 bridgehead atoms. The highest BCUT2D eigenvalue weighted by Crippen LogP contribution is 2.23. The number of halogens is 1. The maximum Gasteiger partial charge on any atom is 0.247 e. The van der Waals surface area contributed by atoms with Gasteiger partial charge in [-0.3, -0.25) is 9.59 Å². The van der Waals surface area contributed by atoms with Crippen LogP contribution >= 0.6 is 11.6 Å². The summed E-state index contributed by atoms with van der Waals surface area (Å²) in [6.07, 6.45) is 0.943. The fourth-order valence-corrected chi connectivity index (χ4v) is 2.97. The molecule has 0 aliphatic carbocycles. The molecule has 1 heterocycles. The van der Waals surface area contributed by atoms with Crippen LogP contribution in [0.4, 0.5) is 5.69 Å². The zero-order valence-electron chi connectivity index (χ0n) is 12.5. The Morgan fingerprint density at radius 2 is 1.96 bits per heavy atom. The molecule has 4 nitrogen and oxygen atoms in total. The molecule has 118 valence electrons. The van der Waals surface area contributed by atoms with Gasteiger partial charge in [0.15, 0.2) is 0 Å². The number of carbonyl (C=O) groups excluding carboxylic acids is 2. The van der Waals surface area contributed by atoms with Crippen LogP contribution in [0.2, 0.25) is 5.02 Å². The maximum absolute atomic E-state index is 12.5. The topological polar surface area (TPSA) is 49.4 Å². The van der Waals surface area contributed by atoms with Gasteiger partial charge in [0.2, 0.25) is 11.8 Å². The summed E-state index contributed by atoms with van der Waals surface area (Å²) in [5.74, 6) is -0.158. The predicted molar refractivity (Wildman–Crippen MR) is 90.1 cm³/mol. The normalized spacial score (nSPS) is 17.3. The predicted octanol–water partition coefficient (Wildman–Crippen LogP) is 3.47. The van der Waals surface area contributed by atoms with Crippen LogP contribution in [0.25, 0.3) is 0 Å². The van der Waals surface area contributed by atoms with E-state index in [4.69, 9.17) is 11.6 Å². The van der Waals surface area contributed by atoms with Gasteiger partial charge in [0.05, 0.1) is 0 Å². The van der Waals surface area contributed by atoms with Crippen molar-refractivity contribution in [1.29, 1.82) is 0 Å². The van der Waals surface area contributed by atoms with Gasteiger partial charge in [0.1, 0.15) is 6.04 Å². The molecule has 3 rings (SSSR count). The van der Waals surface area contributed by atoms with Gasteiger partial charge in [-0.05, 0) is 30.2 Å². The van der Waals surface area contributed by atoms with Crippen molar-refractivity contribution in [2.75, 3.05) is 5.32 Å². The van der Waals surface area contributed by atoms with E-state index in [0.29, 0.717) is 30.1 Å². The number of amides is 2. The van der Waals surface area contributed by atoms with Crippen molar-refractivity contribution >= 4 is 29.1 Å². The van der Waals surface area contributed by atoms with E-state index < -0.39 is 6.04 Å². The molecule has 0 spiro atoms. The first-order valence-electron chi connectivity index (χ1n) is 7.53. The van der Waals surface area contributed by atoms with Gasteiger partial charge in [0, 0.05) is 23.7 Å². The first-order valence-corrected chi connectivity index (χ1v) is 7.91. The third-order valence-corrected chi connectivity index (χ3v) is 4.15. The van der Waals surface area contributed by atoms with Crippen LogP contribution in [0.3, 0.4) is 0 Å². The molecule has 1 fully saturated rings. The summed E-state index contributed by atoms with van der Waals surface area (Å²) in [5, 5.41) is 3.41. The van der Waals surface area contributed by atoms with Crippen molar-refractivity contribution in [1.82, 2.24) is 4.90 Å². The molecule has 2 amide bonds. The van der Waals surface area contributed by atoms with E-state index in [2.05, 4.69) is 5.32 Å². The Balaban J connectivity index is 1.72. The Kier molecular flexibility index (Phi) is 4.63. The highest BCUT2D eigenvalue weighted by atomic mass is 35.5. The van der Waals surface area contributed by atoms with Crippen LogP contribution in [0.5, 0.6) is 0 Å². The summed E-state index contributed by atoms with van der Waals surface area (Å²) in [7, 11) is 0. The molecule has 1 N–H and O–H groups in total. The fraction of sp³-hybridized carbons (Fsp3) is 0.222. The summed E-state index contributed by atoms with van der Waals surface area (Å²) in [4.78, 5) is 26.3. The van der Waals surface area contributed by atoms with Gasteiger partial charge in [-0.1, -0.05) is 48.0 Å². The van der Waals surface area contributed by atoms with Gasteiger partial charge in [-0.15, -0.1) is 0 Å². The second kappa shape index (κ2) is 6.84. The Bertz CT molecular complexity index is 718. The van der Waals surface area contributed by atoms with Crippen molar-refractivity contribution in [3.63, 3.8) is 0 Å². The Morgan fingerprint density at radius 1 is 1.17 bits per heavy atom. The molecule has 5 heteroatoms. The minimum atomic E-state index is -0.443. The third-order valence-electron chi connectivity index (χ3n) is 3.92. The maximum atomic E-state index is 12.5. The van der Waals surface area contributed by atoms with E-state index >= 15 is 0 Å². The van der Waals surface area contributed by atoms with Crippen molar-refractivity contribution in [2.45, 2.75) is 25.4 Å². The number of nitrogens with one attached hydrogen (secondary N) is 1. The highest BCUT2D eigenvalue weighted by Gasteiger charge is 2.35. The van der Waals surface area contributed by atoms with E-state index in [0.717, 1.165) is 5.56 Å². The monoisotopic (exact) mass is 328 g/mol. The third kappa shape index (κ3) is 3.71. The average molecular weight is 329 g/mol. The van der Waals surface area contributed by atoms with Crippen LogP contribution in [0.15, 0.2) is 54.6 Å². The molecule has 2 aromatic rings. The summed E-state index contributed by atoms with van der Waals surface area (Å²) < 4.78 is 0. The van der Waals surface area contributed by atoms with Gasteiger partial charge in [0.25, 0.3) is 0 Å². The molecule has 1 atom stereocenters. The van der Waals surface area contributed by atoms with E-state index in [1.165, 1.54) is 0 Å². The van der Waals surface area contributed by atoms with Crippen LogP contribution in [0, 0.1) is 0 Å². The van der Waals surface area contributed by atoms with Crippen molar-refractivity contribution in [2.24, 2.45) is 0 Å². The molecule has 1 aliphatic rings. The van der Waals surface area contributed by atoms with Crippen LogP contribution in [-0.2, 0) is 16.1 Å². The molecule has 1 unspecified atom stereocenters. The number of nitrogens with zero attached hydrogens (tertiary/aromatic N) is 1. The molecule has 0 saturated carbocycles. The summed E-state index contributed by atoms with van der Waals surface area (Å²) in [6.45, 7) is 0.452. The number of carbonyl (C=O) groups is 2. The second-order valence-corrected chi connectivity index (χ2v) is 6.00. The number of rotatable bonds is 4. The lowest BCUT2D eigenvalue weighted by Crippen LogP contribution is -2.41. The van der Waals surface area contributed by atoms with Gasteiger partial charge in [-0.25, -0.2) is 0 Å². The molecule has 1 aliphatic heterocycles. The lowest BCUT2D eigenvalue weighted by Gasteiger charge is -2.24. The van der Waals surface area contributed by atoms with E-state index in [9.17, 15) is 9.59 Å². The van der Waals surface area contributed by atoms with E-state index in [1.54, 1.807) is 29.2 Å². The van der Waals surface area contributed by atoms with Crippen molar-refractivity contribution in [3.05, 3.63) is 65.2 Å². The fourth-order valence-electron chi connectivity index (χ4n) is 2.78. The molecule has 0 radical (unpaired) electrons. The molecule has 23 heavy (non-hydrogen) atoms. The standard InChI is InChI=1S/C18H17ClN2O2/c19-14-7-4-8-15(11-14)20-18(23)16-9-10-17(22)21(16)12-13-5-2-1-3-6-13/h1-8,11,16H,9-10,12H2,(H,20,23). The van der Waals surface area contributed by atoms with Crippen LogP contribution < -0.4 is 5.32 Å². The van der Waals surface area contributed by atoms with Crippen molar-refractivity contribution in [3.8, 4) is 0 Å². The van der Waals surface area contributed by atoms with E-state index in [-0.39, 0.29) is 11.8 Å². The first-order chi connectivity index (χ1) is 11.1. The van der Waals surface area contributed by atoms with Gasteiger partial charge in [-0.2, -0.15) is 0 Å². The Labute approximate surface area is 140 Å². The zero-order chi connectivity index (χ0) is 16.2. The smallest absolute Gasteiger partial charge is 0.247 e. The Morgan fingerprint density at radius 3 is 2.70 bits per heavy atom. The molecular formula is C18H17ClN2O2. The lowest BCUT2D eigenvalue weighted by molar-refractivity contribution is -0.133. The van der Waals surface area contributed by atoms with Gasteiger partial charge < -0.3 is 10.2 Å². The number of anilines is 1. The minimum Gasteiger partial charge on any atom is -0.326 e. The number of hydrogen-bond acceptors (Lipinski definition) is 2. The molecular weight excluding hydrogens is 312 g/mol. The average Bonchev–Trinajstić information content (AvgIpc) is 2.89. The first kappa shape index (κ1) is 15.6. The molecule has 1 saturated heterocycles. The highest BCUT2D eigenvalue weighted by molar-refractivity contribution is 6.30. The minimum absolute atomic E-state index is 0.0140. The van der Waals surface area contributed by atoms with Gasteiger partial charge >= 0.3 is 0 Å². The zero-order valence-corrected chi connectivity index (χ0v) is 13.3. The number of benzene rings is 2. The van der Waals surface area contributed by atoms with Crippen LogP contribution in [-0.4, -0.2) is 22.8 Å². The number of hydrogen-bond donors (Lipinski definition) is 1.